The first-order chi connectivity index (χ1) is 30.4. The third-order valence-corrected chi connectivity index (χ3v) is 19.2. The van der Waals surface area contributed by atoms with E-state index in [2.05, 4.69) is 40.7 Å². The second-order valence-electron chi connectivity index (χ2n) is 23.4. The van der Waals surface area contributed by atoms with Crippen LogP contribution in [0.3, 0.4) is 0 Å². The second-order valence-corrected chi connectivity index (χ2v) is 23.4. The fourth-order valence-electron chi connectivity index (χ4n) is 16.0. The van der Waals surface area contributed by atoms with Crippen LogP contribution in [0.2, 0.25) is 0 Å². The van der Waals surface area contributed by atoms with Crippen molar-refractivity contribution in [3.05, 3.63) is 11.6 Å². The topological polar surface area (TPSA) is 256 Å². The van der Waals surface area contributed by atoms with Crippen LogP contribution in [0.15, 0.2) is 11.6 Å². The first kappa shape index (κ1) is 49.1. The largest absolute Gasteiger partial charge is 0.394 e. The molecule has 9 rings (SSSR count). The van der Waals surface area contributed by atoms with E-state index < -0.39 is 122 Å². The minimum absolute atomic E-state index is 0.113. The monoisotopic (exact) mass is 927 g/mol. The summed E-state index contributed by atoms with van der Waals surface area (Å²) in [5.74, 6) is -0.429. The van der Waals surface area contributed by atoms with Gasteiger partial charge in [0.05, 0.1) is 43.2 Å². The minimum Gasteiger partial charge on any atom is -0.394 e. The molecule has 26 unspecified atom stereocenters. The van der Waals surface area contributed by atoms with Crippen LogP contribution < -0.4 is 0 Å². The lowest BCUT2D eigenvalue weighted by Crippen LogP contribution is -2.69. The standard InChI is InChI=1S/C48H78O17/c1-21(2)16-24-17-46(9,65-41-37(57)34(54)31(51)23(4)60-41)39-25-10-11-28-44(7)14-13-29(43(5,6)27(44)12-15-45(28,8)47(25)19-48(39,64-24)58-20-47)62-42-38(35(55)32(52)26(18-49)61-42)63-40-36(56)33(53)30(50)22(3)59-40/h16,22-42,49-57H,10-15,17-20H2,1-9H3. The molecule has 26 atom stereocenters. The maximum Gasteiger partial charge on any atom is 0.187 e. The SMILES string of the molecule is CC(C)=CC1CC(C)(OC2OC(C)C(O)C(O)C2O)C2C3CCC4C5(C)CCC(OC6OC(CO)C(O)C(O)C6OC6OC(C)C(O)C(O)C6O)C(C)(C)C5CCC4(C)C34COC2(C4)O1. The van der Waals surface area contributed by atoms with E-state index in [4.69, 9.17) is 37.9 Å². The molecule has 0 aromatic rings. The Bertz CT molecular complexity index is 1780. The molecule has 5 aliphatic heterocycles. The summed E-state index contributed by atoms with van der Waals surface area (Å²) in [6.07, 6.45) is -12.2. The third kappa shape index (κ3) is 7.33. The Morgan fingerprint density at radius 1 is 0.677 bits per heavy atom. The molecule has 9 aliphatic rings. The summed E-state index contributed by atoms with van der Waals surface area (Å²) in [7, 11) is 0. The lowest BCUT2D eigenvalue weighted by Gasteiger charge is -2.70. The second kappa shape index (κ2) is 16.8. The molecule has 0 aromatic carbocycles. The van der Waals surface area contributed by atoms with E-state index in [1.165, 1.54) is 6.92 Å². The summed E-state index contributed by atoms with van der Waals surface area (Å²) in [6, 6.07) is 0. The zero-order valence-corrected chi connectivity index (χ0v) is 39.6. The molecule has 17 heteroatoms. The van der Waals surface area contributed by atoms with Crippen LogP contribution in [0.1, 0.15) is 114 Å². The molecule has 0 aromatic heterocycles. The highest BCUT2D eigenvalue weighted by Gasteiger charge is 2.81. The molecule has 5 saturated heterocycles. The van der Waals surface area contributed by atoms with Crippen molar-refractivity contribution in [2.75, 3.05) is 13.2 Å². The molecule has 9 fully saturated rings. The molecule has 0 radical (unpaired) electrons. The molecule has 4 saturated carbocycles. The molecule has 9 N–H and O–H groups in total. The van der Waals surface area contributed by atoms with Gasteiger partial charge in [0.2, 0.25) is 0 Å². The van der Waals surface area contributed by atoms with Crippen molar-refractivity contribution in [1.82, 2.24) is 0 Å². The Labute approximate surface area is 382 Å². The van der Waals surface area contributed by atoms with Crippen LogP contribution in [-0.4, -0.2) is 175 Å². The number of hydrogen-bond donors (Lipinski definition) is 9. The maximum atomic E-state index is 11.4. The normalized spacial score (nSPS) is 58.3. The van der Waals surface area contributed by atoms with Crippen LogP contribution in [0.4, 0.5) is 0 Å². The van der Waals surface area contributed by atoms with Crippen molar-refractivity contribution < 1.29 is 83.9 Å². The summed E-state index contributed by atoms with van der Waals surface area (Å²) in [4.78, 5) is 0. The molecule has 0 amide bonds. The van der Waals surface area contributed by atoms with Crippen LogP contribution in [-0.2, 0) is 37.9 Å². The summed E-state index contributed by atoms with van der Waals surface area (Å²) in [6.45, 7) is 18.7. The molecule has 2 bridgehead atoms. The average Bonchev–Trinajstić information content (AvgIpc) is 3.76. The molecular formula is C48H78O17. The van der Waals surface area contributed by atoms with Gasteiger partial charge in [-0.25, -0.2) is 0 Å². The average molecular weight is 927 g/mol. The van der Waals surface area contributed by atoms with E-state index in [0.717, 1.165) is 37.7 Å². The van der Waals surface area contributed by atoms with Crippen molar-refractivity contribution >= 4 is 0 Å². The van der Waals surface area contributed by atoms with Gasteiger partial charge in [-0.3, -0.25) is 0 Å². The highest BCUT2D eigenvalue weighted by molar-refractivity contribution is 5.27. The van der Waals surface area contributed by atoms with E-state index >= 15 is 0 Å². The van der Waals surface area contributed by atoms with E-state index in [1.54, 1.807) is 6.92 Å². The molecule has 372 valence electrons. The Balaban J connectivity index is 0.979. The number of ether oxygens (including phenoxy) is 8. The van der Waals surface area contributed by atoms with Crippen molar-refractivity contribution in [2.24, 2.45) is 45.3 Å². The Morgan fingerprint density at radius 3 is 1.97 bits per heavy atom. The van der Waals surface area contributed by atoms with Gasteiger partial charge in [-0.1, -0.05) is 39.3 Å². The quantitative estimate of drug-likeness (QED) is 0.123. The first-order valence-corrected chi connectivity index (χ1v) is 24.4. The number of hydrogen-bond acceptors (Lipinski definition) is 17. The van der Waals surface area contributed by atoms with E-state index in [-0.39, 0.29) is 40.1 Å². The lowest BCUT2D eigenvalue weighted by molar-refractivity contribution is -0.385. The molecule has 65 heavy (non-hydrogen) atoms. The van der Waals surface area contributed by atoms with Gasteiger partial charge in [-0.15, -0.1) is 0 Å². The van der Waals surface area contributed by atoms with Crippen molar-refractivity contribution in [1.29, 1.82) is 0 Å². The minimum atomic E-state index is -1.66. The predicted molar refractivity (Wildman–Crippen MR) is 228 cm³/mol. The van der Waals surface area contributed by atoms with Crippen LogP contribution in [0.25, 0.3) is 0 Å². The van der Waals surface area contributed by atoms with Crippen LogP contribution in [0, 0.1) is 45.3 Å². The van der Waals surface area contributed by atoms with Gasteiger partial charge in [0.1, 0.15) is 61.0 Å². The summed E-state index contributed by atoms with van der Waals surface area (Å²) in [5.41, 5.74) is -0.702. The highest BCUT2D eigenvalue weighted by atomic mass is 16.8. The molecule has 5 heterocycles. The number of rotatable bonds is 8. The molecular weight excluding hydrogens is 849 g/mol. The third-order valence-electron chi connectivity index (χ3n) is 19.2. The van der Waals surface area contributed by atoms with Gasteiger partial charge in [0.15, 0.2) is 24.7 Å². The smallest absolute Gasteiger partial charge is 0.187 e. The Hall–Kier alpha value is -0.940. The van der Waals surface area contributed by atoms with Gasteiger partial charge in [0, 0.05) is 24.2 Å². The Kier molecular flexibility index (Phi) is 12.7. The first-order valence-electron chi connectivity index (χ1n) is 24.4. The summed E-state index contributed by atoms with van der Waals surface area (Å²) >= 11 is 0. The van der Waals surface area contributed by atoms with Gasteiger partial charge in [-0.05, 0) is 107 Å². The molecule has 2 spiro atoms. The van der Waals surface area contributed by atoms with E-state index in [0.29, 0.717) is 31.8 Å². The number of fused-ring (bicyclic) bond motifs is 4. The predicted octanol–water partition coefficient (Wildman–Crippen LogP) is 1.38. The van der Waals surface area contributed by atoms with Gasteiger partial charge >= 0.3 is 0 Å². The molecule has 17 nitrogen and oxygen atoms in total. The molecule has 4 aliphatic carbocycles. The van der Waals surface area contributed by atoms with E-state index in [9.17, 15) is 46.0 Å². The van der Waals surface area contributed by atoms with Crippen LogP contribution in [0.5, 0.6) is 0 Å². The van der Waals surface area contributed by atoms with Gasteiger partial charge in [-0.2, -0.15) is 0 Å². The zero-order chi connectivity index (χ0) is 47.1. The van der Waals surface area contributed by atoms with Gasteiger partial charge < -0.3 is 83.9 Å². The number of aliphatic hydroxyl groups is 9. The zero-order valence-electron chi connectivity index (χ0n) is 39.6. The Morgan fingerprint density at radius 2 is 1.32 bits per heavy atom. The fourth-order valence-corrected chi connectivity index (χ4v) is 16.0. The van der Waals surface area contributed by atoms with E-state index in [1.807, 2.05) is 13.8 Å². The summed E-state index contributed by atoms with van der Waals surface area (Å²) < 4.78 is 52.0. The van der Waals surface area contributed by atoms with Crippen molar-refractivity contribution in [2.45, 2.75) is 229 Å². The van der Waals surface area contributed by atoms with Crippen molar-refractivity contribution in [3.8, 4) is 0 Å². The number of aliphatic hydroxyl groups excluding tert-OH is 9. The maximum absolute atomic E-state index is 11.4. The van der Waals surface area contributed by atoms with Crippen LogP contribution >= 0.6 is 0 Å². The van der Waals surface area contributed by atoms with Crippen molar-refractivity contribution in [3.63, 3.8) is 0 Å². The fraction of sp³-hybridized carbons (Fsp3) is 0.958. The summed E-state index contributed by atoms with van der Waals surface area (Å²) in [5, 5.41) is 96.7. The van der Waals surface area contributed by atoms with Gasteiger partial charge in [0.25, 0.3) is 0 Å². The highest BCUT2D eigenvalue weighted by Crippen LogP contribution is 2.80. The number of allylic oxidation sites excluding steroid dienone is 1. The lowest BCUT2D eigenvalue weighted by atomic mass is 9.35.